The molecule has 3 aromatic rings. The molecule has 0 saturated carbocycles. The van der Waals surface area contributed by atoms with Crippen molar-refractivity contribution >= 4 is 16.9 Å². The van der Waals surface area contributed by atoms with E-state index < -0.39 is 5.97 Å². The van der Waals surface area contributed by atoms with E-state index in [0.29, 0.717) is 17.0 Å². The van der Waals surface area contributed by atoms with E-state index >= 15 is 0 Å². The van der Waals surface area contributed by atoms with Crippen LogP contribution in [0.15, 0.2) is 36.4 Å². The standard InChI is InChI=1S/C15H10N2O4/c18-15(19)9-1-3-10-11(5-9)16-17-14(10)8-2-4-12-13(6-8)21-7-20-12/h1-6H,7H2,(H,16,17)(H,18,19). The second-order valence-electron chi connectivity index (χ2n) is 4.71. The van der Waals surface area contributed by atoms with Gasteiger partial charge in [-0.05, 0) is 36.4 Å². The van der Waals surface area contributed by atoms with Crippen molar-refractivity contribution in [2.75, 3.05) is 6.79 Å². The molecule has 1 aliphatic heterocycles. The number of benzene rings is 2. The molecule has 6 nitrogen and oxygen atoms in total. The molecule has 0 saturated heterocycles. The van der Waals surface area contributed by atoms with Crippen molar-refractivity contribution < 1.29 is 19.4 Å². The first-order valence-corrected chi connectivity index (χ1v) is 6.34. The summed E-state index contributed by atoms with van der Waals surface area (Å²) in [6.45, 7) is 0.224. The number of H-pyrrole nitrogens is 1. The molecule has 2 aromatic carbocycles. The van der Waals surface area contributed by atoms with E-state index in [4.69, 9.17) is 14.6 Å². The second-order valence-corrected chi connectivity index (χ2v) is 4.71. The van der Waals surface area contributed by atoms with Crippen molar-refractivity contribution in [1.82, 2.24) is 10.2 Å². The summed E-state index contributed by atoms with van der Waals surface area (Å²) >= 11 is 0. The van der Waals surface area contributed by atoms with Crippen LogP contribution in [0.2, 0.25) is 0 Å². The van der Waals surface area contributed by atoms with Crippen LogP contribution in [0, 0.1) is 0 Å². The number of hydrogen-bond acceptors (Lipinski definition) is 4. The Balaban J connectivity index is 1.85. The number of carboxylic acids is 1. The largest absolute Gasteiger partial charge is 0.478 e. The van der Waals surface area contributed by atoms with Crippen molar-refractivity contribution in [3.8, 4) is 22.8 Å². The molecule has 0 amide bonds. The molecule has 4 rings (SSSR count). The average Bonchev–Trinajstić information content (AvgIpc) is 3.12. The maximum Gasteiger partial charge on any atom is 0.335 e. The molecule has 0 unspecified atom stereocenters. The molecule has 2 N–H and O–H groups in total. The van der Waals surface area contributed by atoms with Crippen LogP contribution in [0.5, 0.6) is 11.5 Å². The number of rotatable bonds is 2. The van der Waals surface area contributed by atoms with Gasteiger partial charge in [0.25, 0.3) is 0 Å². The van der Waals surface area contributed by atoms with Gasteiger partial charge in [-0.2, -0.15) is 5.10 Å². The van der Waals surface area contributed by atoms with Gasteiger partial charge in [0.1, 0.15) is 5.69 Å². The zero-order valence-electron chi connectivity index (χ0n) is 10.8. The summed E-state index contributed by atoms with van der Waals surface area (Å²) in [7, 11) is 0. The molecule has 0 fully saturated rings. The number of carbonyl (C=O) groups is 1. The third-order valence-electron chi connectivity index (χ3n) is 3.46. The predicted octanol–water partition coefficient (Wildman–Crippen LogP) is 2.66. The number of nitrogens with one attached hydrogen (secondary N) is 1. The summed E-state index contributed by atoms with van der Waals surface area (Å²) in [5.74, 6) is 0.439. The molecule has 1 aliphatic rings. The van der Waals surface area contributed by atoms with Crippen molar-refractivity contribution in [2.45, 2.75) is 0 Å². The van der Waals surface area contributed by atoms with E-state index in [0.717, 1.165) is 16.6 Å². The Labute approximate surface area is 118 Å². The fourth-order valence-corrected chi connectivity index (χ4v) is 2.42. The highest BCUT2D eigenvalue weighted by Crippen LogP contribution is 2.37. The number of carboxylic acid groups (broad SMARTS) is 1. The van der Waals surface area contributed by atoms with Crippen LogP contribution in [0.4, 0.5) is 0 Å². The van der Waals surface area contributed by atoms with Crippen LogP contribution in [0.3, 0.4) is 0 Å². The molecule has 21 heavy (non-hydrogen) atoms. The molecular weight excluding hydrogens is 272 g/mol. The van der Waals surface area contributed by atoms with Crippen molar-refractivity contribution in [3.05, 3.63) is 42.0 Å². The fraction of sp³-hybridized carbons (Fsp3) is 0.0667. The number of nitrogens with zero attached hydrogens (tertiary/aromatic N) is 1. The van der Waals surface area contributed by atoms with Gasteiger partial charge in [-0.15, -0.1) is 0 Å². The summed E-state index contributed by atoms with van der Waals surface area (Å²) < 4.78 is 10.6. The van der Waals surface area contributed by atoms with E-state index in [1.165, 1.54) is 0 Å². The number of aromatic carboxylic acids is 1. The molecule has 6 heteroatoms. The van der Waals surface area contributed by atoms with E-state index in [2.05, 4.69) is 10.2 Å². The molecule has 0 bridgehead atoms. The third kappa shape index (κ3) is 1.80. The summed E-state index contributed by atoms with van der Waals surface area (Å²) in [5.41, 5.74) is 2.54. The smallest absolute Gasteiger partial charge is 0.335 e. The lowest BCUT2D eigenvalue weighted by atomic mass is 10.1. The molecule has 1 aromatic heterocycles. The van der Waals surface area contributed by atoms with Gasteiger partial charge in [0, 0.05) is 10.9 Å². The quantitative estimate of drug-likeness (QED) is 0.754. The Kier molecular flexibility index (Phi) is 2.38. The summed E-state index contributed by atoms with van der Waals surface area (Å²) in [6, 6.07) is 10.5. The number of ether oxygens (including phenoxy) is 2. The summed E-state index contributed by atoms with van der Waals surface area (Å²) in [5, 5.41) is 17.0. The number of hydrogen-bond donors (Lipinski definition) is 2. The van der Waals surface area contributed by atoms with Gasteiger partial charge in [0.2, 0.25) is 6.79 Å². The summed E-state index contributed by atoms with van der Waals surface area (Å²) in [4.78, 5) is 11.0. The third-order valence-corrected chi connectivity index (χ3v) is 3.46. The number of aromatic amines is 1. The number of fused-ring (bicyclic) bond motifs is 2. The van der Waals surface area contributed by atoms with E-state index in [1.807, 2.05) is 18.2 Å². The normalized spacial score (nSPS) is 12.8. The molecule has 0 radical (unpaired) electrons. The zero-order valence-corrected chi connectivity index (χ0v) is 10.8. The van der Waals surface area contributed by atoms with Crippen molar-refractivity contribution in [3.63, 3.8) is 0 Å². The first-order chi connectivity index (χ1) is 10.2. The van der Waals surface area contributed by atoms with Gasteiger partial charge in [-0.3, -0.25) is 5.10 Å². The highest BCUT2D eigenvalue weighted by Gasteiger charge is 2.16. The lowest BCUT2D eigenvalue weighted by molar-refractivity contribution is 0.0697. The van der Waals surface area contributed by atoms with Crippen LogP contribution in [0.25, 0.3) is 22.2 Å². The molecule has 0 aliphatic carbocycles. The van der Waals surface area contributed by atoms with Crippen LogP contribution in [0.1, 0.15) is 10.4 Å². The van der Waals surface area contributed by atoms with Gasteiger partial charge >= 0.3 is 5.97 Å². The van der Waals surface area contributed by atoms with Crippen molar-refractivity contribution in [2.24, 2.45) is 0 Å². The van der Waals surface area contributed by atoms with E-state index in [9.17, 15) is 4.79 Å². The Hall–Kier alpha value is -3.02. The molecule has 0 atom stereocenters. The average molecular weight is 282 g/mol. The zero-order chi connectivity index (χ0) is 14.4. The van der Waals surface area contributed by atoms with Gasteiger partial charge in [0.05, 0.1) is 11.1 Å². The van der Waals surface area contributed by atoms with Gasteiger partial charge in [-0.1, -0.05) is 0 Å². The molecule has 0 spiro atoms. The minimum atomic E-state index is -0.962. The minimum absolute atomic E-state index is 0.224. The molecule has 104 valence electrons. The topological polar surface area (TPSA) is 84.4 Å². The highest BCUT2D eigenvalue weighted by atomic mass is 16.7. The van der Waals surface area contributed by atoms with Gasteiger partial charge in [-0.25, -0.2) is 4.79 Å². The van der Waals surface area contributed by atoms with E-state index in [1.54, 1.807) is 18.2 Å². The monoisotopic (exact) mass is 282 g/mol. The lowest BCUT2D eigenvalue weighted by Gasteiger charge is -2.01. The maximum atomic E-state index is 11.0. The predicted molar refractivity (Wildman–Crippen MR) is 74.6 cm³/mol. The lowest BCUT2D eigenvalue weighted by Crippen LogP contribution is -1.94. The molecule has 2 heterocycles. The van der Waals surface area contributed by atoms with Gasteiger partial charge < -0.3 is 14.6 Å². The van der Waals surface area contributed by atoms with E-state index in [-0.39, 0.29) is 12.4 Å². The second kappa shape index (κ2) is 4.24. The summed E-state index contributed by atoms with van der Waals surface area (Å²) in [6.07, 6.45) is 0. The Morgan fingerprint density at radius 2 is 2.00 bits per heavy atom. The highest BCUT2D eigenvalue weighted by molar-refractivity contribution is 5.98. The van der Waals surface area contributed by atoms with Crippen LogP contribution in [-0.2, 0) is 0 Å². The fourth-order valence-electron chi connectivity index (χ4n) is 2.42. The Bertz CT molecular complexity index is 869. The SMILES string of the molecule is O=C(O)c1ccc2c(-c3ccc4c(c3)OCO4)n[nH]c2c1. The first-order valence-electron chi connectivity index (χ1n) is 6.34. The maximum absolute atomic E-state index is 11.0. The van der Waals surface area contributed by atoms with Crippen LogP contribution in [-0.4, -0.2) is 28.1 Å². The Morgan fingerprint density at radius 1 is 1.14 bits per heavy atom. The minimum Gasteiger partial charge on any atom is -0.478 e. The first kappa shape index (κ1) is 11.8. The van der Waals surface area contributed by atoms with Crippen LogP contribution >= 0.6 is 0 Å². The van der Waals surface area contributed by atoms with Crippen LogP contribution < -0.4 is 9.47 Å². The Morgan fingerprint density at radius 3 is 2.86 bits per heavy atom. The van der Waals surface area contributed by atoms with Crippen molar-refractivity contribution in [1.29, 1.82) is 0 Å². The number of aromatic nitrogens is 2. The van der Waals surface area contributed by atoms with Gasteiger partial charge in [0.15, 0.2) is 11.5 Å². The molecular formula is C15H10N2O4.